The number of halogens is 1. The second kappa shape index (κ2) is 4.20. The molecule has 1 aliphatic heterocycles. The van der Waals surface area contributed by atoms with Crippen LogP contribution in [0.2, 0.25) is 0 Å². The molecule has 1 unspecified atom stereocenters. The summed E-state index contributed by atoms with van der Waals surface area (Å²) in [5.41, 5.74) is 0. The molecule has 0 amide bonds. The van der Waals surface area contributed by atoms with E-state index in [2.05, 4.69) is 0 Å². The summed E-state index contributed by atoms with van der Waals surface area (Å²) in [4.78, 5) is 0. The van der Waals surface area contributed by atoms with Crippen LogP contribution in [0.15, 0.2) is 0 Å². The highest BCUT2D eigenvalue weighted by Gasteiger charge is 2.43. The van der Waals surface area contributed by atoms with Crippen molar-refractivity contribution >= 4 is 19.7 Å². The Morgan fingerprint density at radius 1 is 1.27 bits per heavy atom. The molecule has 1 atom stereocenters. The molecule has 0 radical (unpaired) electrons. The molecule has 1 heterocycles. The summed E-state index contributed by atoms with van der Waals surface area (Å²) in [6.07, 6.45) is 4.70. The Labute approximate surface area is 94.3 Å². The average Bonchev–Trinajstić information content (AvgIpc) is 2.47. The third-order valence-electron chi connectivity index (χ3n) is 2.91. The van der Waals surface area contributed by atoms with E-state index in [1.54, 1.807) is 0 Å². The van der Waals surface area contributed by atoms with Gasteiger partial charge in [0.1, 0.15) is 0 Å². The van der Waals surface area contributed by atoms with E-state index in [9.17, 15) is 8.42 Å². The molecule has 1 saturated heterocycles. The third-order valence-corrected chi connectivity index (χ3v) is 4.06. The molecule has 88 valence electrons. The summed E-state index contributed by atoms with van der Waals surface area (Å²) in [7, 11) is 1.68. The minimum absolute atomic E-state index is 0.156. The molecule has 0 aromatic heterocycles. The van der Waals surface area contributed by atoms with Gasteiger partial charge in [0.25, 0.3) is 0 Å². The Bertz CT molecular complexity index is 321. The number of hydrogen-bond acceptors (Lipinski definition) is 4. The maximum absolute atomic E-state index is 10.9. The molecule has 2 rings (SSSR count). The van der Waals surface area contributed by atoms with Crippen LogP contribution >= 0.6 is 10.7 Å². The maximum atomic E-state index is 10.9. The zero-order valence-corrected chi connectivity index (χ0v) is 10.0. The molecule has 1 aliphatic carbocycles. The highest BCUT2D eigenvalue weighted by atomic mass is 35.7. The quantitative estimate of drug-likeness (QED) is 0.703. The second-order valence-corrected chi connectivity index (χ2v) is 7.05. The minimum atomic E-state index is -3.50. The second-order valence-electron chi connectivity index (χ2n) is 4.23. The molecule has 2 aliphatic rings. The number of ether oxygens (including phenoxy) is 2. The fraction of sp³-hybridized carbons (Fsp3) is 1.00. The van der Waals surface area contributed by atoms with Crippen LogP contribution < -0.4 is 0 Å². The molecule has 15 heavy (non-hydrogen) atoms. The molecule has 6 heteroatoms. The first-order chi connectivity index (χ1) is 6.99. The van der Waals surface area contributed by atoms with Gasteiger partial charge in [-0.05, 0) is 12.8 Å². The van der Waals surface area contributed by atoms with Gasteiger partial charge < -0.3 is 9.47 Å². The van der Waals surface area contributed by atoms with Gasteiger partial charge >= 0.3 is 0 Å². The molecule has 0 N–H and O–H groups in total. The van der Waals surface area contributed by atoms with E-state index in [4.69, 9.17) is 20.2 Å². The molecule has 0 bridgehead atoms. The van der Waals surface area contributed by atoms with Crippen molar-refractivity contribution in [2.45, 2.75) is 44.0 Å². The van der Waals surface area contributed by atoms with Gasteiger partial charge in [-0.25, -0.2) is 8.42 Å². The zero-order valence-electron chi connectivity index (χ0n) is 8.45. The van der Waals surface area contributed by atoms with Gasteiger partial charge in [-0.2, -0.15) is 0 Å². The van der Waals surface area contributed by atoms with E-state index >= 15 is 0 Å². The lowest BCUT2D eigenvalue weighted by Crippen LogP contribution is -2.34. The molecular formula is C9H15ClO4S. The van der Waals surface area contributed by atoms with Crippen LogP contribution in [0.3, 0.4) is 0 Å². The highest BCUT2D eigenvalue weighted by molar-refractivity contribution is 8.13. The van der Waals surface area contributed by atoms with Gasteiger partial charge in [-0.15, -0.1) is 0 Å². The van der Waals surface area contributed by atoms with Crippen molar-refractivity contribution in [2.24, 2.45) is 0 Å². The Morgan fingerprint density at radius 3 is 2.53 bits per heavy atom. The van der Waals surface area contributed by atoms with Gasteiger partial charge in [0.05, 0.1) is 18.5 Å². The van der Waals surface area contributed by atoms with Crippen molar-refractivity contribution in [3.63, 3.8) is 0 Å². The third kappa shape index (κ3) is 3.06. The van der Waals surface area contributed by atoms with Crippen molar-refractivity contribution in [1.29, 1.82) is 0 Å². The fourth-order valence-corrected chi connectivity index (χ4v) is 3.30. The Kier molecular flexibility index (Phi) is 3.26. The first-order valence-corrected chi connectivity index (χ1v) is 7.71. The van der Waals surface area contributed by atoms with Crippen LogP contribution in [0.25, 0.3) is 0 Å². The fourth-order valence-electron chi connectivity index (χ4n) is 2.27. The largest absolute Gasteiger partial charge is 0.347 e. The van der Waals surface area contributed by atoms with Crippen LogP contribution in [0.1, 0.15) is 32.1 Å². The van der Waals surface area contributed by atoms with Crippen LogP contribution in [-0.4, -0.2) is 32.7 Å². The zero-order chi connectivity index (χ0) is 10.9. The lowest BCUT2D eigenvalue weighted by atomic mass is 9.94. The first kappa shape index (κ1) is 11.6. The van der Waals surface area contributed by atoms with E-state index in [-0.39, 0.29) is 5.75 Å². The van der Waals surface area contributed by atoms with Crippen molar-refractivity contribution < 1.29 is 17.9 Å². The van der Waals surface area contributed by atoms with E-state index in [1.807, 2.05) is 0 Å². The summed E-state index contributed by atoms with van der Waals surface area (Å²) < 4.78 is 33.1. The van der Waals surface area contributed by atoms with E-state index < -0.39 is 20.9 Å². The van der Waals surface area contributed by atoms with Gasteiger partial charge in [0.2, 0.25) is 9.05 Å². The normalized spacial score (nSPS) is 30.9. The van der Waals surface area contributed by atoms with Gasteiger partial charge in [-0.3, -0.25) is 0 Å². The van der Waals surface area contributed by atoms with Gasteiger partial charge in [-0.1, -0.05) is 6.42 Å². The van der Waals surface area contributed by atoms with Gasteiger partial charge in [0, 0.05) is 23.5 Å². The van der Waals surface area contributed by atoms with Crippen LogP contribution in [0.5, 0.6) is 0 Å². The summed E-state index contributed by atoms with van der Waals surface area (Å²) in [5, 5.41) is 0. The lowest BCUT2D eigenvalue weighted by molar-refractivity contribution is -0.185. The molecule has 2 fully saturated rings. The Hall–Kier alpha value is 0.160. The first-order valence-electron chi connectivity index (χ1n) is 5.23. The molecule has 1 spiro atoms. The Balaban J connectivity index is 1.93. The standard InChI is InChI=1S/C9H15ClO4S/c10-15(11,12)7-8-6-13-9(14-8)4-2-1-3-5-9/h8H,1-7H2. The predicted octanol–water partition coefficient (Wildman–Crippen LogP) is 1.63. The summed E-state index contributed by atoms with van der Waals surface area (Å²) in [6, 6.07) is 0. The monoisotopic (exact) mass is 254 g/mol. The van der Waals surface area contributed by atoms with Crippen molar-refractivity contribution in [2.75, 3.05) is 12.4 Å². The van der Waals surface area contributed by atoms with Crippen molar-refractivity contribution in [3.05, 3.63) is 0 Å². The number of rotatable bonds is 2. The molecule has 0 aromatic carbocycles. The molecule has 4 nitrogen and oxygen atoms in total. The smallest absolute Gasteiger partial charge is 0.235 e. The van der Waals surface area contributed by atoms with E-state index in [1.165, 1.54) is 6.42 Å². The van der Waals surface area contributed by atoms with E-state index in [0.717, 1.165) is 25.7 Å². The molecular weight excluding hydrogens is 240 g/mol. The lowest BCUT2D eigenvalue weighted by Gasteiger charge is -2.31. The van der Waals surface area contributed by atoms with Gasteiger partial charge in [0.15, 0.2) is 5.79 Å². The average molecular weight is 255 g/mol. The summed E-state index contributed by atoms with van der Waals surface area (Å²) in [5.74, 6) is -0.666. The number of hydrogen-bond donors (Lipinski definition) is 0. The van der Waals surface area contributed by atoms with E-state index in [0.29, 0.717) is 6.61 Å². The minimum Gasteiger partial charge on any atom is -0.347 e. The maximum Gasteiger partial charge on any atom is 0.235 e. The molecule has 1 saturated carbocycles. The summed E-state index contributed by atoms with van der Waals surface area (Å²) in [6.45, 7) is 0.339. The van der Waals surface area contributed by atoms with Crippen LogP contribution in [-0.2, 0) is 18.5 Å². The van der Waals surface area contributed by atoms with Crippen molar-refractivity contribution in [1.82, 2.24) is 0 Å². The highest BCUT2D eigenvalue weighted by Crippen LogP contribution is 2.38. The summed E-state index contributed by atoms with van der Waals surface area (Å²) >= 11 is 0. The van der Waals surface area contributed by atoms with Crippen LogP contribution in [0, 0.1) is 0 Å². The van der Waals surface area contributed by atoms with Crippen LogP contribution in [0.4, 0.5) is 0 Å². The Morgan fingerprint density at radius 2 is 1.93 bits per heavy atom. The predicted molar refractivity (Wildman–Crippen MR) is 56.3 cm³/mol. The molecule has 0 aromatic rings. The van der Waals surface area contributed by atoms with Crippen molar-refractivity contribution in [3.8, 4) is 0 Å². The SMILES string of the molecule is O=S(=O)(Cl)CC1COC2(CCCCC2)O1. The topological polar surface area (TPSA) is 52.6 Å².